The molecule has 0 radical (unpaired) electrons. The van der Waals surface area contributed by atoms with E-state index in [-0.39, 0.29) is 25.2 Å². The molecule has 2 saturated carbocycles. The standard InChI is InChI=1S/C16H24O4.C7H10O4/c17-15(19-13-7-3-1-4-8-13)11-12-16(18)20-14-9-5-2-6-10-14;1-3-4-11-7(9)5-6(8)10-2/h11-14H,1-10H2;3H,1,4-5H2,2H3/b12-11-;. The number of hydrogen-bond donors (Lipinski definition) is 0. The normalized spacial score (nSPS) is 17.1. The van der Waals surface area contributed by atoms with Crippen molar-refractivity contribution < 1.29 is 38.1 Å². The highest BCUT2D eigenvalue weighted by molar-refractivity contribution is 5.92. The van der Waals surface area contributed by atoms with Crippen LogP contribution >= 0.6 is 0 Å². The Morgan fingerprint density at radius 2 is 1.23 bits per heavy atom. The molecule has 0 saturated heterocycles. The fraction of sp³-hybridized carbons (Fsp3) is 0.652. The van der Waals surface area contributed by atoms with Crippen molar-refractivity contribution in [3.05, 3.63) is 24.8 Å². The van der Waals surface area contributed by atoms with Crippen LogP contribution in [0.4, 0.5) is 0 Å². The van der Waals surface area contributed by atoms with Gasteiger partial charge in [-0.25, -0.2) is 9.59 Å². The zero-order valence-corrected chi connectivity index (χ0v) is 18.3. The number of methoxy groups -OCH3 is 1. The Hall–Kier alpha value is -2.64. The van der Waals surface area contributed by atoms with Crippen molar-refractivity contribution in [1.82, 2.24) is 0 Å². The number of carbonyl (C=O) groups excluding carboxylic acids is 4. The lowest BCUT2D eigenvalue weighted by molar-refractivity contribution is -0.152. The van der Waals surface area contributed by atoms with E-state index in [0.717, 1.165) is 51.4 Å². The third-order valence-corrected chi connectivity index (χ3v) is 4.90. The van der Waals surface area contributed by atoms with Gasteiger partial charge in [-0.3, -0.25) is 9.59 Å². The van der Waals surface area contributed by atoms with E-state index in [2.05, 4.69) is 16.1 Å². The lowest BCUT2D eigenvalue weighted by Gasteiger charge is -2.21. The van der Waals surface area contributed by atoms with Crippen molar-refractivity contribution in [2.24, 2.45) is 0 Å². The Bertz CT molecular complexity index is 579. The smallest absolute Gasteiger partial charge is 0.331 e. The summed E-state index contributed by atoms with van der Waals surface area (Å²) in [6.07, 6.45) is 14.2. The van der Waals surface area contributed by atoms with Gasteiger partial charge < -0.3 is 18.9 Å². The average Bonchev–Trinajstić information content (AvgIpc) is 2.78. The van der Waals surface area contributed by atoms with Gasteiger partial charge in [-0.15, -0.1) is 0 Å². The molecule has 0 heterocycles. The highest BCUT2D eigenvalue weighted by Gasteiger charge is 2.18. The Morgan fingerprint density at radius 1 is 0.774 bits per heavy atom. The van der Waals surface area contributed by atoms with Crippen LogP contribution in [0.25, 0.3) is 0 Å². The summed E-state index contributed by atoms with van der Waals surface area (Å²) in [5.41, 5.74) is 0. The molecule has 2 fully saturated rings. The Kier molecular flexibility index (Phi) is 13.7. The van der Waals surface area contributed by atoms with E-state index in [1.807, 2.05) is 0 Å². The molecule has 2 aliphatic rings. The van der Waals surface area contributed by atoms with E-state index in [0.29, 0.717) is 0 Å². The SMILES string of the molecule is C=CCOC(=O)CC(=O)OC.O=C(/C=C\C(=O)OC1CCCCC1)OC1CCCCC1. The molecule has 31 heavy (non-hydrogen) atoms. The molecule has 0 aromatic heterocycles. The second kappa shape index (κ2) is 16.1. The van der Waals surface area contributed by atoms with E-state index in [1.54, 1.807) is 0 Å². The van der Waals surface area contributed by atoms with Crippen LogP contribution in [0.5, 0.6) is 0 Å². The van der Waals surface area contributed by atoms with Gasteiger partial charge in [0.05, 0.1) is 7.11 Å². The van der Waals surface area contributed by atoms with Crippen molar-refractivity contribution >= 4 is 23.9 Å². The van der Waals surface area contributed by atoms with Crippen LogP contribution in [0.15, 0.2) is 24.8 Å². The molecule has 0 bridgehead atoms. The topological polar surface area (TPSA) is 105 Å². The third-order valence-electron chi connectivity index (χ3n) is 4.90. The first kappa shape index (κ1) is 26.4. The maximum Gasteiger partial charge on any atom is 0.331 e. The Labute approximate surface area is 183 Å². The van der Waals surface area contributed by atoms with Crippen molar-refractivity contribution in [3.63, 3.8) is 0 Å². The van der Waals surface area contributed by atoms with Gasteiger partial charge in [-0.1, -0.05) is 25.5 Å². The van der Waals surface area contributed by atoms with E-state index in [9.17, 15) is 19.2 Å². The maximum atomic E-state index is 11.6. The summed E-state index contributed by atoms with van der Waals surface area (Å²) in [6.45, 7) is 3.46. The predicted molar refractivity (Wildman–Crippen MR) is 113 cm³/mol. The maximum absolute atomic E-state index is 11.6. The lowest BCUT2D eigenvalue weighted by atomic mass is 9.98. The average molecular weight is 439 g/mol. The largest absolute Gasteiger partial charge is 0.469 e. The summed E-state index contributed by atoms with van der Waals surface area (Å²) in [5, 5.41) is 0. The van der Waals surface area contributed by atoms with Crippen LogP contribution < -0.4 is 0 Å². The summed E-state index contributed by atoms with van der Waals surface area (Å²) < 4.78 is 19.3. The van der Waals surface area contributed by atoms with E-state index in [4.69, 9.17) is 9.47 Å². The van der Waals surface area contributed by atoms with Gasteiger partial charge in [0.25, 0.3) is 0 Å². The molecule has 2 rings (SSSR count). The first-order chi connectivity index (χ1) is 14.9. The summed E-state index contributed by atoms with van der Waals surface area (Å²) in [4.78, 5) is 44.2. The minimum absolute atomic E-state index is 0.0234. The number of esters is 4. The zero-order chi connectivity index (χ0) is 22.9. The van der Waals surface area contributed by atoms with Crippen molar-refractivity contribution in [2.45, 2.75) is 82.8 Å². The van der Waals surface area contributed by atoms with E-state index in [1.165, 1.54) is 38.2 Å². The zero-order valence-electron chi connectivity index (χ0n) is 18.3. The van der Waals surface area contributed by atoms with Crippen molar-refractivity contribution in [2.75, 3.05) is 13.7 Å². The quantitative estimate of drug-likeness (QED) is 0.186. The summed E-state index contributed by atoms with van der Waals surface area (Å²) in [5.74, 6) is -2.06. The lowest BCUT2D eigenvalue weighted by Crippen LogP contribution is -2.21. The van der Waals surface area contributed by atoms with Crippen molar-refractivity contribution in [3.8, 4) is 0 Å². The molecule has 0 N–H and O–H groups in total. The van der Waals surface area contributed by atoms with Crippen LogP contribution in [-0.4, -0.2) is 49.8 Å². The fourth-order valence-electron chi connectivity index (χ4n) is 3.30. The molecule has 8 nitrogen and oxygen atoms in total. The number of carbonyl (C=O) groups is 4. The van der Waals surface area contributed by atoms with Gasteiger partial charge in [0, 0.05) is 12.2 Å². The Balaban J connectivity index is 0.000000373. The molecule has 0 atom stereocenters. The summed E-state index contributed by atoms with van der Waals surface area (Å²) >= 11 is 0. The molecule has 0 aromatic carbocycles. The molecule has 0 aromatic rings. The van der Waals surface area contributed by atoms with Crippen LogP contribution in [0.3, 0.4) is 0 Å². The molecular formula is C23H34O8. The monoisotopic (exact) mass is 438 g/mol. The molecular weight excluding hydrogens is 404 g/mol. The van der Waals surface area contributed by atoms with E-state index >= 15 is 0 Å². The van der Waals surface area contributed by atoms with Crippen molar-refractivity contribution in [1.29, 1.82) is 0 Å². The minimum atomic E-state index is -0.600. The highest BCUT2D eigenvalue weighted by atomic mass is 16.6. The number of rotatable bonds is 8. The van der Waals surface area contributed by atoms with Crippen LogP contribution in [0.2, 0.25) is 0 Å². The predicted octanol–water partition coefficient (Wildman–Crippen LogP) is 3.57. The Morgan fingerprint density at radius 3 is 1.61 bits per heavy atom. The first-order valence-electron chi connectivity index (χ1n) is 10.9. The third kappa shape index (κ3) is 13.3. The second-order valence-corrected chi connectivity index (χ2v) is 7.45. The molecule has 0 unspecified atom stereocenters. The minimum Gasteiger partial charge on any atom is -0.469 e. The molecule has 8 heteroatoms. The summed E-state index contributed by atoms with van der Waals surface area (Å²) in [6, 6.07) is 0. The molecule has 0 spiro atoms. The molecule has 174 valence electrons. The first-order valence-corrected chi connectivity index (χ1v) is 10.9. The van der Waals surface area contributed by atoms with Gasteiger partial charge >= 0.3 is 23.9 Å². The van der Waals surface area contributed by atoms with Crippen LogP contribution in [0, 0.1) is 0 Å². The van der Waals surface area contributed by atoms with Gasteiger partial charge in [0.2, 0.25) is 0 Å². The van der Waals surface area contributed by atoms with Gasteiger partial charge in [-0.2, -0.15) is 0 Å². The fourth-order valence-corrected chi connectivity index (χ4v) is 3.30. The van der Waals surface area contributed by atoms with E-state index < -0.39 is 23.9 Å². The number of ether oxygens (including phenoxy) is 4. The van der Waals surface area contributed by atoms with Crippen LogP contribution in [0.1, 0.15) is 70.6 Å². The highest BCUT2D eigenvalue weighted by Crippen LogP contribution is 2.21. The van der Waals surface area contributed by atoms with Crippen LogP contribution in [-0.2, 0) is 38.1 Å². The number of hydrogen-bond acceptors (Lipinski definition) is 8. The molecule has 2 aliphatic carbocycles. The van der Waals surface area contributed by atoms with Gasteiger partial charge in [0.1, 0.15) is 25.2 Å². The second-order valence-electron chi connectivity index (χ2n) is 7.45. The van der Waals surface area contributed by atoms with Gasteiger partial charge in [0.15, 0.2) is 0 Å². The molecule has 0 amide bonds. The van der Waals surface area contributed by atoms with Gasteiger partial charge in [-0.05, 0) is 51.4 Å². The molecule has 0 aliphatic heterocycles. The summed E-state index contributed by atoms with van der Waals surface area (Å²) in [7, 11) is 1.21.